The second-order valence-electron chi connectivity index (χ2n) is 4.39. The largest absolute Gasteiger partial charge is 0.355 e. The maximum Gasteiger partial charge on any atom is 0.128 e. The Balaban J connectivity index is 2.35. The highest BCUT2D eigenvalue weighted by Crippen LogP contribution is 2.27. The van der Waals surface area contributed by atoms with Crippen molar-refractivity contribution in [3.8, 4) is 0 Å². The molecule has 0 saturated carbocycles. The molecule has 3 N–H and O–H groups in total. The highest BCUT2D eigenvalue weighted by atomic mass is 35.5. The lowest BCUT2D eigenvalue weighted by Gasteiger charge is -2.14. The summed E-state index contributed by atoms with van der Waals surface area (Å²) in [5.74, 6) is -0.234. The number of benzene rings is 2. The second kappa shape index (κ2) is 6.04. The van der Waals surface area contributed by atoms with E-state index in [-0.39, 0.29) is 5.82 Å². The quantitative estimate of drug-likeness (QED) is 0.886. The predicted molar refractivity (Wildman–Crippen MR) is 78.6 cm³/mol. The summed E-state index contributed by atoms with van der Waals surface area (Å²) in [6, 6.07) is 10.5. The monoisotopic (exact) mass is 278 g/mol. The minimum absolute atomic E-state index is 0.234. The van der Waals surface area contributed by atoms with Crippen molar-refractivity contribution in [2.75, 3.05) is 11.9 Å². The molecule has 0 aromatic heterocycles. The van der Waals surface area contributed by atoms with E-state index in [9.17, 15) is 4.39 Å². The number of nitrogens with one attached hydrogen (secondary N) is 1. The lowest BCUT2D eigenvalue weighted by molar-refractivity contribution is 0.610. The molecule has 0 saturated heterocycles. The Morgan fingerprint density at radius 1 is 1.21 bits per heavy atom. The van der Waals surface area contributed by atoms with Gasteiger partial charge in [0.05, 0.1) is 0 Å². The number of anilines is 2. The van der Waals surface area contributed by atoms with Crippen LogP contribution >= 0.6 is 11.6 Å². The molecule has 0 radical (unpaired) electrons. The molecule has 2 aromatic rings. The summed E-state index contributed by atoms with van der Waals surface area (Å²) in [7, 11) is 0. The molecular weight excluding hydrogens is 263 g/mol. The van der Waals surface area contributed by atoms with Crippen LogP contribution in [0.2, 0.25) is 5.02 Å². The number of hydrogen-bond acceptors (Lipinski definition) is 2. The molecule has 0 unspecified atom stereocenters. The number of halogens is 2. The Bertz CT molecular complexity index is 584. The standard InChI is InChI=1S/C15H16ClFN2/c1-10-9-11(16)5-6-14(10)19-15-4-2-3-13(17)12(15)7-8-18/h2-6,9,19H,7-8,18H2,1H3. The van der Waals surface area contributed by atoms with Gasteiger partial charge in [0.1, 0.15) is 5.82 Å². The SMILES string of the molecule is Cc1cc(Cl)ccc1Nc1cccc(F)c1CCN. The number of rotatable bonds is 4. The van der Waals surface area contributed by atoms with Crippen LogP contribution in [0.4, 0.5) is 15.8 Å². The zero-order valence-corrected chi connectivity index (χ0v) is 11.5. The molecule has 0 aliphatic carbocycles. The van der Waals surface area contributed by atoms with Gasteiger partial charge >= 0.3 is 0 Å². The van der Waals surface area contributed by atoms with Crippen molar-refractivity contribution in [3.63, 3.8) is 0 Å². The first-order valence-corrected chi connectivity index (χ1v) is 6.50. The number of hydrogen-bond donors (Lipinski definition) is 2. The van der Waals surface area contributed by atoms with E-state index in [0.29, 0.717) is 23.6 Å². The summed E-state index contributed by atoms with van der Waals surface area (Å²) >= 11 is 5.92. The predicted octanol–water partition coefficient (Wildman–Crippen LogP) is 4.03. The molecule has 19 heavy (non-hydrogen) atoms. The molecule has 0 bridgehead atoms. The third kappa shape index (κ3) is 3.25. The molecule has 0 aliphatic heterocycles. The molecule has 0 amide bonds. The first-order valence-electron chi connectivity index (χ1n) is 6.12. The van der Waals surface area contributed by atoms with Crippen LogP contribution < -0.4 is 11.1 Å². The van der Waals surface area contributed by atoms with Gasteiger partial charge < -0.3 is 11.1 Å². The first kappa shape index (κ1) is 13.8. The molecule has 0 heterocycles. The highest BCUT2D eigenvalue weighted by molar-refractivity contribution is 6.30. The van der Waals surface area contributed by atoms with Crippen molar-refractivity contribution in [2.24, 2.45) is 5.73 Å². The fourth-order valence-electron chi connectivity index (χ4n) is 1.99. The van der Waals surface area contributed by atoms with Crippen LogP contribution in [0.1, 0.15) is 11.1 Å². The molecule has 4 heteroatoms. The van der Waals surface area contributed by atoms with Crippen molar-refractivity contribution < 1.29 is 4.39 Å². The Morgan fingerprint density at radius 2 is 2.00 bits per heavy atom. The van der Waals surface area contributed by atoms with E-state index in [1.807, 2.05) is 25.1 Å². The summed E-state index contributed by atoms with van der Waals surface area (Å²) in [6.45, 7) is 2.37. The minimum atomic E-state index is -0.234. The van der Waals surface area contributed by atoms with Crippen LogP contribution in [-0.4, -0.2) is 6.54 Å². The Morgan fingerprint density at radius 3 is 2.68 bits per heavy atom. The van der Waals surface area contributed by atoms with Crippen LogP contribution in [0.25, 0.3) is 0 Å². The molecule has 0 fully saturated rings. The second-order valence-corrected chi connectivity index (χ2v) is 4.83. The maximum atomic E-state index is 13.8. The van der Waals surface area contributed by atoms with E-state index in [0.717, 1.165) is 16.9 Å². The normalized spacial score (nSPS) is 10.5. The van der Waals surface area contributed by atoms with Crippen LogP contribution in [0.15, 0.2) is 36.4 Å². The lowest BCUT2D eigenvalue weighted by Crippen LogP contribution is -2.07. The Hall–Kier alpha value is -1.58. The van der Waals surface area contributed by atoms with Crippen molar-refractivity contribution in [1.82, 2.24) is 0 Å². The van der Waals surface area contributed by atoms with E-state index in [1.165, 1.54) is 6.07 Å². The van der Waals surface area contributed by atoms with Crippen LogP contribution in [0.3, 0.4) is 0 Å². The van der Waals surface area contributed by atoms with Crippen molar-refractivity contribution in [2.45, 2.75) is 13.3 Å². The summed E-state index contributed by atoms with van der Waals surface area (Å²) in [6.07, 6.45) is 0.502. The Kier molecular flexibility index (Phi) is 4.40. The van der Waals surface area contributed by atoms with Crippen molar-refractivity contribution in [1.29, 1.82) is 0 Å². The zero-order valence-electron chi connectivity index (χ0n) is 10.7. The molecule has 0 aliphatic rings. The van der Waals surface area contributed by atoms with Gasteiger partial charge in [0.2, 0.25) is 0 Å². The molecule has 2 nitrogen and oxygen atoms in total. The highest BCUT2D eigenvalue weighted by Gasteiger charge is 2.08. The van der Waals surface area contributed by atoms with Crippen molar-refractivity contribution >= 4 is 23.0 Å². The number of aryl methyl sites for hydroxylation is 1. The third-order valence-corrected chi connectivity index (χ3v) is 3.21. The van der Waals surface area contributed by atoms with Gasteiger partial charge in [-0.1, -0.05) is 17.7 Å². The molecule has 0 spiro atoms. The van der Waals surface area contributed by atoms with E-state index >= 15 is 0 Å². The molecule has 0 atom stereocenters. The maximum absolute atomic E-state index is 13.8. The van der Waals surface area contributed by atoms with Gasteiger partial charge in [-0.2, -0.15) is 0 Å². The van der Waals surface area contributed by atoms with E-state index in [2.05, 4.69) is 5.32 Å². The fraction of sp³-hybridized carbons (Fsp3) is 0.200. The summed E-state index contributed by atoms with van der Waals surface area (Å²) in [5.41, 5.74) is 8.81. The van der Waals surface area contributed by atoms with Gasteiger partial charge in [-0.15, -0.1) is 0 Å². The molecular formula is C15H16ClFN2. The smallest absolute Gasteiger partial charge is 0.128 e. The lowest BCUT2D eigenvalue weighted by atomic mass is 10.1. The van der Waals surface area contributed by atoms with E-state index in [4.69, 9.17) is 17.3 Å². The fourth-order valence-corrected chi connectivity index (χ4v) is 2.21. The zero-order chi connectivity index (χ0) is 13.8. The minimum Gasteiger partial charge on any atom is -0.355 e. The molecule has 2 aromatic carbocycles. The van der Waals surface area contributed by atoms with Gasteiger partial charge in [-0.3, -0.25) is 0 Å². The Labute approximate surface area is 117 Å². The van der Waals surface area contributed by atoms with Gasteiger partial charge in [0.15, 0.2) is 0 Å². The average Bonchev–Trinajstić information content (AvgIpc) is 2.37. The average molecular weight is 279 g/mol. The molecule has 2 rings (SSSR count). The molecule has 100 valence electrons. The topological polar surface area (TPSA) is 38.0 Å². The van der Waals surface area contributed by atoms with Crippen LogP contribution in [0, 0.1) is 12.7 Å². The summed E-state index contributed by atoms with van der Waals surface area (Å²) < 4.78 is 13.8. The van der Waals surface area contributed by atoms with Gasteiger partial charge in [0, 0.05) is 22.0 Å². The summed E-state index contributed by atoms with van der Waals surface area (Å²) in [4.78, 5) is 0. The van der Waals surface area contributed by atoms with Gasteiger partial charge in [0.25, 0.3) is 0 Å². The van der Waals surface area contributed by atoms with Crippen molar-refractivity contribution in [3.05, 3.63) is 58.4 Å². The van der Waals surface area contributed by atoms with E-state index < -0.39 is 0 Å². The third-order valence-electron chi connectivity index (χ3n) is 2.97. The van der Waals surface area contributed by atoms with Gasteiger partial charge in [-0.05, 0) is 55.8 Å². The van der Waals surface area contributed by atoms with E-state index in [1.54, 1.807) is 12.1 Å². The van der Waals surface area contributed by atoms with Gasteiger partial charge in [-0.25, -0.2) is 4.39 Å². The first-order chi connectivity index (χ1) is 9.11. The summed E-state index contributed by atoms with van der Waals surface area (Å²) in [5, 5.41) is 3.92. The van der Waals surface area contributed by atoms with Crippen LogP contribution in [-0.2, 0) is 6.42 Å². The van der Waals surface area contributed by atoms with Crippen LogP contribution in [0.5, 0.6) is 0 Å². The number of nitrogens with two attached hydrogens (primary N) is 1.